The zero-order valence-electron chi connectivity index (χ0n) is 7.70. The van der Waals surface area contributed by atoms with Gasteiger partial charge in [0.1, 0.15) is 5.60 Å². The van der Waals surface area contributed by atoms with E-state index in [0.29, 0.717) is 0 Å². The van der Waals surface area contributed by atoms with Crippen LogP contribution >= 0.6 is 11.5 Å². The predicted molar refractivity (Wildman–Crippen MR) is 49.5 cm³/mol. The molecule has 1 rings (SSSR count). The highest BCUT2D eigenvalue weighted by molar-refractivity contribution is 7.09. The van der Waals surface area contributed by atoms with Gasteiger partial charge in [0.2, 0.25) is 0 Å². The molecule has 0 saturated carbocycles. The minimum Gasteiger partial charge on any atom is -0.454 e. The zero-order chi connectivity index (χ0) is 10.1. The Hall–Kier alpha value is -1.17. The van der Waals surface area contributed by atoms with Gasteiger partial charge in [-0.3, -0.25) is 0 Å². The standard InChI is InChI=1S/C7H11N3O2S/c1-7(2,3)12-5(11)4-9-6(8)13-10-4/h1-3H3,(H2,8,9,10). The van der Waals surface area contributed by atoms with E-state index in [0.717, 1.165) is 11.5 Å². The van der Waals surface area contributed by atoms with Crippen molar-refractivity contribution in [1.29, 1.82) is 0 Å². The SMILES string of the molecule is CC(C)(C)OC(=O)c1nsc(N)n1. The molecule has 0 unspecified atom stereocenters. The summed E-state index contributed by atoms with van der Waals surface area (Å²) in [7, 11) is 0. The third-order valence-electron chi connectivity index (χ3n) is 1.02. The highest BCUT2D eigenvalue weighted by Crippen LogP contribution is 2.12. The molecule has 13 heavy (non-hydrogen) atoms. The number of hydrogen-bond donors (Lipinski definition) is 1. The van der Waals surface area contributed by atoms with Crippen LogP contribution in [0, 0.1) is 0 Å². The number of rotatable bonds is 1. The molecule has 0 saturated heterocycles. The third-order valence-corrected chi connectivity index (χ3v) is 1.57. The van der Waals surface area contributed by atoms with Gasteiger partial charge in [-0.05, 0) is 20.8 Å². The number of esters is 1. The first-order valence-corrected chi connectivity index (χ1v) is 4.48. The topological polar surface area (TPSA) is 78.1 Å². The van der Waals surface area contributed by atoms with Crippen LogP contribution in [-0.2, 0) is 4.74 Å². The van der Waals surface area contributed by atoms with Crippen LogP contribution in [-0.4, -0.2) is 20.9 Å². The summed E-state index contributed by atoms with van der Waals surface area (Å²) in [6, 6.07) is 0. The van der Waals surface area contributed by atoms with Crippen LogP contribution in [0.5, 0.6) is 0 Å². The van der Waals surface area contributed by atoms with Crippen molar-refractivity contribution in [3.05, 3.63) is 5.82 Å². The van der Waals surface area contributed by atoms with E-state index in [1.807, 2.05) is 0 Å². The van der Waals surface area contributed by atoms with Gasteiger partial charge < -0.3 is 10.5 Å². The van der Waals surface area contributed by atoms with Crippen molar-refractivity contribution in [2.45, 2.75) is 26.4 Å². The fourth-order valence-electron chi connectivity index (χ4n) is 0.642. The molecule has 0 radical (unpaired) electrons. The Labute approximate surface area is 80.1 Å². The molecule has 0 aliphatic carbocycles. The second-order valence-corrected chi connectivity index (χ2v) is 4.24. The highest BCUT2D eigenvalue weighted by Gasteiger charge is 2.20. The maximum absolute atomic E-state index is 11.3. The number of carbonyl (C=O) groups excluding carboxylic acids is 1. The average molecular weight is 201 g/mol. The number of hydrogen-bond acceptors (Lipinski definition) is 6. The molecule has 0 aliphatic rings. The smallest absolute Gasteiger partial charge is 0.378 e. The average Bonchev–Trinajstić information content (AvgIpc) is 2.31. The molecule has 1 heterocycles. The summed E-state index contributed by atoms with van der Waals surface area (Å²) < 4.78 is 8.76. The zero-order valence-corrected chi connectivity index (χ0v) is 8.51. The Morgan fingerprint density at radius 1 is 1.54 bits per heavy atom. The molecule has 1 aromatic rings. The lowest BCUT2D eigenvalue weighted by molar-refractivity contribution is 0.00575. The molecule has 0 spiro atoms. The van der Waals surface area contributed by atoms with Gasteiger partial charge in [0, 0.05) is 11.5 Å². The maximum Gasteiger partial charge on any atom is 0.378 e. The molecular weight excluding hydrogens is 190 g/mol. The summed E-state index contributed by atoms with van der Waals surface area (Å²) in [5, 5.41) is 0.265. The lowest BCUT2D eigenvalue weighted by Gasteiger charge is -2.17. The van der Waals surface area contributed by atoms with Crippen molar-refractivity contribution in [2.75, 3.05) is 5.73 Å². The molecule has 0 atom stereocenters. The van der Waals surface area contributed by atoms with E-state index < -0.39 is 11.6 Å². The Morgan fingerprint density at radius 2 is 2.15 bits per heavy atom. The van der Waals surface area contributed by atoms with Crippen molar-refractivity contribution in [2.24, 2.45) is 0 Å². The molecule has 6 heteroatoms. The maximum atomic E-state index is 11.3. The van der Waals surface area contributed by atoms with Crippen molar-refractivity contribution in [1.82, 2.24) is 9.36 Å². The molecule has 0 fully saturated rings. The van der Waals surface area contributed by atoms with Gasteiger partial charge in [0.15, 0.2) is 5.13 Å². The summed E-state index contributed by atoms with van der Waals surface area (Å²) in [4.78, 5) is 15.0. The third kappa shape index (κ3) is 2.98. The molecule has 0 bridgehead atoms. The number of ether oxygens (including phenoxy) is 1. The normalized spacial score (nSPS) is 11.3. The summed E-state index contributed by atoms with van der Waals surface area (Å²) in [6.45, 7) is 5.34. The van der Waals surface area contributed by atoms with Crippen LogP contribution in [0.1, 0.15) is 31.4 Å². The summed E-state index contributed by atoms with van der Waals surface area (Å²) in [5.41, 5.74) is 4.79. The minimum atomic E-state index is -0.541. The molecule has 0 amide bonds. The van der Waals surface area contributed by atoms with E-state index in [1.165, 1.54) is 0 Å². The van der Waals surface area contributed by atoms with Crippen molar-refractivity contribution < 1.29 is 9.53 Å². The van der Waals surface area contributed by atoms with Crippen molar-refractivity contribution in [3.63, 3.8) is 0 Å². The summed E-state index contributed by atoms with van der Waals surface area (Å²) in [5.74, 6) is -0.516. The van der Waals surface area contributed by atoms with E-state index in [4.69, 9.17) is 10.5 Å². The fourth-order valence-corrected chi connectivity index (χ4v) is 1.06. The van der Waals surface area contributed by atoms with Crippen molar-refractivity contribution in [3.8, 4) is 0 Å². The quantitative estimate of drug-likeness (QED) is 0.688. The minimum absolute atomic E-state index is 0.0254. The van der Waals surface area contributed by atoms with Gasteiger partial charge in [-0.25, -0.2) is 4.79 Å². The number of aromatic nitrogens is 2. The first-order chi connectivity index (χ1) is 5.88. The number of nitrogens with zero attached hydrogens (tertiary/aromatic N) is 2. The Balaban J connectivity index is 2.70. The van der Waals surface area contributed by atoms with Gasteiger partial charge in [0.25, 0.3) is 5.82 Å². The van der Waals surface area contributed by atoms with E-state index in [1.54, 1.807) is 20.8 Å². The van der Waals surface area contributed by atoms with E-state index in [-0.39, 0.29) is 11.0 Å². The largest absolute Gasteiger partial charge is 0.454 e. The van der Waals surface area contributed by atoms with Crippen LogP contribution in [0.4, 0.5) is 5.13 Å². The molecule has 0 aromatic carbocycles. The number of nitrogens with two attached hydrogens (primary N) is 1. The van der Waals surface area contributed by atoms with E-state index in [9.17, 15) is 4.79 Å². The second-order valence-electron chi connectivity index (χ2n) is 3.46. The van der Waals surface area contributed by atoms with Gasteiger partial charge in [-0.1, -0.05) is 0 Å². The molecule has 0 aliphatic heterocycles. The highest BCUT2D eigenvalue weighted by atomic mass is 32.1. The first-order valence-electron chi connectivity index (χ1n) is 3.71. The van der Waals surface area contributed by atoms with Crippen LogP contribution < -0.4 is 5.73 Å². The molecule has 72 valence electrons. The van der Waals surface area contributed by atoms with Gasteiger partial charge >= 0.3 is 5.97 Å². The molecule has 2 N–H and O–H groups in total. The second kappa shape index (κ2) is 3.29. The Bertz CT molecular complexity index is 316. The van der Waals surface area contributed by atoms with Crippen molar-refractivity contribution >= 4 is 22.6 Å². The van der Waals surface area contributed by atoms with E-state index in [2.05, 4.69) is 9.36 Å². The number of anilines is 1. The number of carbonyl (C=O) groups is 1. The number of nitrogen functional groups attached to an aromatic ring is 1. The molecule has 1 aromatic heterocycles. The lowest BCUT2D eigenvalue weighted by Crippen LogP contribution is -2.24. The summed E-state index contributed by atoms with van der Waals surface area (Å²) in [6.07, 6.45) is 0. The lowest BCUT2D eigenvalue weighted by atomic mass is 10.2. The Kier molecular flexibility index (Phi) is 2.51. The van der Waals surface area contributed by atoms with E-state index >= 15 is 0 Å². The monoisotopic (exact) mass is 201 g/mol. The van der Waals surface area contributed by atoms with Crippen LogP contribution in [0.2, 0.25) is 0 Å². The van der Waals surface area contributed by atoms with Gasteiger partial charge in [0.05, 0.1) is 0 Å². The van der Waals surface area contributed by atoms with Crippen LogP contribution in [0.25, 0.3) is 0 Å². The summed E-state index contributed by atoms with van der Waals surface area (Å²) >= 11 is 0.975. The molecule has 5 nitrogen and oxygen atoms in total. The Morgan fingerprint density at radius 3 is 2.54 bits per heavy atom. The first kappa shape index (κ1) is 9.91. The van der Waals surface area contributed by atoms with Gasteiger partial charge in [-0.2, -0.15) is 9.36 Å². The predicted octanol–water partition coefficient (Wildman–Crippen LogP) is 1.08. The fraction of sp³-hybridized carbons (Fsp3) is 0.571. The van der Waals surface area contributed by atoms with Crippen LogP contribution in [0.15, 0.2) is 0 Å². The van der Waals surface area contributed by atoms with Gasteiger partial charge in [-0.15, -0.1) is 0 Å². The molecular formula is C7H11N3O2S. The van der Waals surface area contributed by atoms with Crippen LogP contribution in [0.3, 0.4) is 0 Å².